The number of hydrogen-bond acceptors (Lipinski definition) is 3. The highest BCUT2D eigenvalue weighted by Crippen LogP contribution is 2.19. The molecule has 1 saturated heterocycles. The average Bonchev–Trinajstić information content (AvgIpc) is 2.34. The molecular weight excluding hydrogens is 234 g/mol. The highest BCUT2D eigenvalue weighted by Gasteiger charge is 2.15. The molecule has 1 aliphatic heterocycles. The van der Waals surface area contributed by atoms with Gasteiger partial charge in [-0.3, -0.25) is 9.59 Å². The van der Waals surface area contributed by atoms with Gasteiger partial charge in [-0.25, -0.2) is 0 Å². The molecule has 2 N–H and O–H groups in total. The number of rotatable bonds is 7. The highest BCUT2D eigenvalue weighted by atomic mass is 16.5. The van der Waals surface area contributed by atoms with Crippen LogP contribution in [-0.2, 0) is 14.3 Å². The van der Waals surface area contributed by atoms with E-state index in [-0.39, 0.29) is 18.2 Å². The third-order valence-electron chi connectivity index (χ3n) is 3.29. The van der Waals surface area contributed by atoms with Crippen LogP contribution in [0.5, 0.6) is 0 Å². The Kier molecular flexibility index (Phi) is 6.72. The summed E-state index contributed by atoms with van der Waals surface area (Å²) in [7, 11) is 0. The molecule has 1 fully saturated rings. The largest absolute Gasteiger partial charge is 0.481 e. The normalized spacial score (nSPS) is 18.3. The molecule has 1 amide bonds. The fourth-order valence-electron chi connectivity index (χ4n) is 2.12. The number of ether oxygens (including phenoxy) is 1. The zero-order valence-corrected chi connectivity index (χ0v) is 11.0. The van der Waals surface area contributed by atoms with Gasteiger partial charge in [0.25, 0.3) is 0 Å². The van der Waals surface area contributed by atoms with E-state index in [9.17, 15) is 9.59 Å². The molecule has 0 aromatic rings. The summed E-state index contributed by atoms with van der Waals surface area (Å²) in [5.41, 5.74) is 0. The van der Waals surface area contributed by atoms with Crippen molar-refractivity contribution in [2.45, 2.75) is 39.0 Å². The molecular formula is C13H23NO4. The fourth-order valence-corrected chi connectivity index (χ4v) is 2.12. The average molecular weight is 257 g/mol. The van der Waals surface area contributed by atoms with E-state index >= 15 is 0 Å². The van der Waals surface area contributed by atoms with Crippen LogP contribution in [0.3, 0.4) is 0 Å². The molecule has 104 valence electrons. The summed E-state index contributed by atoms with van der Waals surface area (Å²) in [6.07, 6.45) is 3.62. The van der Waals surface area contributed by atoms with E-state index < -0.39 is 5.97 Å². The Morgan fingerprint density at radius 1 is 1.39 bits per heavy atom. The SMILES string of the molecule is CC(CNC(=O)CCC1CCOCC1)CC(=O)O. The minimum atomic E-state index is -0.820. The summed E-state index contributed by atoms with van der Waals surface area (Å²) in [5.74, 6) is -0.215. The van der Waals surface area contributed by atoms with Crippen LogP contribution in [0.4, 0.5) is 0 Å². The Bertz CT molecular complexity index is 274. The maximum absolute atomic E-state index is 11.6. The zero-order valence-electron chi connectivity index (χ0n) is 11.0. The minimum Gasteiger partial charge on any atom is -0.481 e. The third-order valence-corrected chi connectivity index (χ3v) is 3.29. The first kappa shape index (κ1) is 15.0. The second kappa shape index (κ2) is 8.08. The van der Waals surface area contributed by atoms with Crippen molar-refractivity contribution in [1.29, 1.82) is 0 Å². The quantitative estimate of drug-likeness (QED) is 0.723. The van der Waals surface area contributed by atoms with E-state index in [2.05, 4.69) is 5.32 Å². The van der Waals surface area contributed by atoms with Crippen molar-refractivity contribution in [3.05, 3.63) is 0 Å². The van der Waals surface area contributed by atoms with Gasteiger partial charge < -0.3 is 15.2 Å². The first-order chi connectivity index (χ1) is 8.58. The van der Waals surface area contributed by atoms with E-state index in [0.29, 0.717) is 18.9 Å². The summed E-state index contributed by atoms with van der Waals surface area (Å²) in [6, 6.07) is 0. The van der Waals surface area contributed by atoms with Gasteiger partial charge in [-0.1, -0.05) is 6.92 Å². The number of amides is 1. The molecule has 1 aliphatic rings. The van der Waals surface area contributed by atoms with Crippen LogP contribution < -0.4 is 5.32 Å². The number of carbonyl (C=O) groups excluding carboxylic acids is 1. The highest BCUT2D eigenvalue weighted by molar-refractivity contribution is 5.76. The monoisotopic (exact) mass is 257 g/mol. The van der Waals surface area contributed by atoms with Gasteiger partial charge in [-0.15, -0.1) is 0 Å². The topological polar surface area (TPSA) is 75.6 Å². The van der Waals surface area contributed by atoms with Gasteiger partial charge in [-0.2, -0.15) is 0 Å². The van der Waals surface area contributed by atoms with Crippen LogP contribution in [0.15, 0.2) is 0 Å². The van der Waals surface area contributed by atoms with Crippen LogP contribution >= 0.6 is 0 Å². The van der Waals surface area contributed by atoms with Gasteiger partial charge in [0.2, 0.25) is 5.91 Å². The van der Waals surface area contributed by atoms with E-state index in [1.54, 1.807) is 0 Å². The smallest absolute Gasteiger partial charge is 0.303 e. The molecule has 1 heterocycles. The van der Waals surface area contributed by atoms with Crippen molar-refractivity contribution in [2.24, 2.45) is 11.8 Å². The van der Waals surface area contributed by atoms with Gasteiger partial charge in [0, 0.05) is 32.6 Å². The summed E-state index contributed by atoms with van der Waals surface area (Å²) < 4.78 is 5.27. The Hall–Kier alpha value is -1.10. The number of aliphatic carboxylic acids is 1. The number of carbonyl (C=O) groups is 2. The lowest BCUT2D eigenvalue weighted by Gasteiger charge is -2.21. The Labute approximate surface area is 108 Å². The van der Waals surface area contributed by atoms with Gasteiger partial charge in [0.1, 0.15) is 0 Å². The molecule has 0 spiro atoms. The van der Waals surface area contributed by atoms with Gasteiger partial charge in [-0.05, 0) is 31.1 Å². The Morgan fingerprint density at radius 3 is 2.67 bits per heavy atom. The predicted molar refractivity (Wildman–Crippen MR) is 67.2 cm³/mol. The van der Waals surface area contributed by atoms with E-state index in [1.807, 2.05) is 6.92 Å². The number of hydrogen-bond donors (Lipinski definition) is 2. The Morgan fingerprint density at radius 2 is 2.06 bits per heavy atom. The second-order valence-electron chi connectivity index (χ2n) is 5.10. The van der Waals surface area contributed by atoms with Crippen molar-refractivity contribution in [3.63, 3.8) is 0 Å². The molecule has 0 aromatic heterocycles. The molecule has 0 radical (unpaired) electrons. The molecule has 0 aromatic carbocycles. The second-order valence-corrected chi connectivity index (χ2v) is 5.10. The lowest BCUT2D eigenvalue weighted by atomic mass is 9.95. The third kappa shape index (κ3) is 6.59. The molecule has 0 saturated carbocycles. The van der Waals surface area contributed by atoms with E-state index in [1.165, 1.54) is 0 Å². The molecule has 18 heavy (non-hydrogen) atoms. The lowest BCUT2D eigenvalue weighted by molar-refractivity contribution is -0.138. The van der Waals surface area contributed by atoms with Crippen molar-refractivity contribution < 1.29 is 19.4 Å². The zero-order chi connectivity index (χ0) is 13.4. The lowest BCUT2D eigenvalue weighted by Crippen LogP contribution is -2.29. The van der Waals surface area contributed by atoms with Gasteiger partial charge >= 0.3 is 5.97 Å². The van der Waals surface area contributed by atoms with E-state index in [0.717, 1.165) is 32.5 Å². The summed E-state index contributed by atoms with van der Waals surface area (Å²) in [4.78, 5) is 22.0. The minimum absolute atomic E-state index is 0.0190. The van der Waals surface area contributed by atoms with Gasteiger partial charge in [0.05, 0.1) is 0 Å². The first-order valence-corrected chi connectivity index (χ1v) is 6.64. The molecule has 0 bridgehead atoms. The molecule has 5 heteroatoms. The number of carboxylic acids is 1. The van der Waals surface area contributed by atoms with Crippen molar-refractivity contribution >= 4 is 11.9 Å². The fraction of sp³-hybridized carbons (Fsp3) is 0.846. The van der Waals surface area contributed by atoms with Crippen molar-refractivity contribution in [3.8, 4) is 0 Å². The number of carboxylic acid groups (broad SMARTS) is 1. The van der Waals surface area contributed by atoms with Gasteiger partial charge in [0.15, 0.2) is 0 Å². The standard InChI is InChI=1S/C13H23NO4/c1-10(8-13(16)17)9-14-12(15)3-2-11-4-6-18-7-5-11/h10-11H,2-9H2,1H3,(H,14,15)(H,16,17). The van der Waals surface area contributed by atoms with E-state index in [4.69, 9.17) is 9.84 Å². The summed E-state index contributed by atoms with van der Waals surface area (Å²) >= 11 is 0. The molecule has 5 nitrogen and oxygen atoms in total. The Balaban J connectivity index is 2.07. The van der Waals surface area contributed by atoms with Crippen molar-refractivity contribution in [2.75, 3.05) is 19.8 Å². The maximum Gasteiger partial charge on any atom is 0.303 e. The van der Waals surface area contributed by atoms with Crippen LogP contribution in [0.25, 0.3) is 0 Å². The molecule has 1 atom stereocenters. The van der Waals surface area contributed by atoms with Crippen LogP contribution in [-0.4, -0.2) is 36.7 Å². The predicted octanol–water partition coefficient (Wildman–Crippen LogP) is 1.42. The molecule has 1 rings (SSSR count). The molecule has 1 unspecified atom stereocenters. The maximum atomic E-state index is 11.6. The number of nitrogens with one attached hydrogen (secondary N) is 1. The van der Waals surface area contributed by atoms with Crippen LogP contribution in [0, 0.1) is 11.8 Å². The summed E-state index contributed by atoms with van der Waals surface area (Å²) in [6.45, 7) is 3.88. The summed E-state index contributed by atoms with van der Waals surface area (Å²) in [5, 5.41) is 11.4. The van der Waals surface area contributed by atoms with Crippen LogP contribution in [0.2, 0.25) is 0 Å². The molecule has 0 aliphatic carbocycles. The van der Waals surface area contributed by atoms with Crippen LogP contribution in [0.1, 0.15) is 39.0 Å². The van der Waals surface area contributed by atoms with Crippen molar-refractivity contribution in [1.82, 2.24) is 5.32 Å². The first-order valence-electron chi connectivity index (χ1n) is 6.64.